The van der Waals surface area contributed by atoms with Crippen LogP contribution in [0.15, 0.2) is 0 Å². The number of hydrogen-bond donors (Lipinski definition) is 3. The van der Waals surface area contributed by atoms with E-state index in [1.807, 2.05) is 13.8 Å². The Morgan fingerprint density at radius 1 is 1.23 bits per heavy atom. The summed E-state index contributed by atoms with van der Waals surface area (Å²) in [6.45, 7) is 4.16. The highest BCUT2D eigenvalue weighted by Gasteiger charge is 2.36. The first kappa shape index (κ1) is 16.7. The second-order valence-corrected chi connectivity index (χ2v) is 6.52. The summed E-state index contributed by atoms with van der Waals surface area (Å²) in [5.74, 6) is -0.614. The average molecular weight is 310 g/mol. The Morgan fingerprint density at radius 3 is 2.50 bits per heavy atom. The zero-order valence-corrected chi connectivity index (χ0v) is 13.3. The average Bonchev–Trinajstić information content (AvgIpc) is 3.15. The predicted molar refractivity (Wildman–Crippen MR) is 81.7 cm³/mol. The maximum atomic E-state index is 12.2. The van der Waals surface area contributed by atoms with Gasteiger partial charge in [-0.05, 0) is 31.6 Å². The van der Waals surface area contributed by atoms with Crippen LogP contribution in [-0.2, 0) is 14.4 Å². The quantitative estimate of drug-likeness (QED) is 0.606. The minimum absolute atomic E-state index is 0.0129. The number of nitrogens with one attached hydrogen (secondary N) is 2. The number of hydrogen-bond acceptors (Lipinski definition) is 4. The molecule has 1 heterocycles. The summed E-state index contributed by atoms with van der Waals surface area (Å²) in [6.07, 6.45) is 3.54. The lowest BCUT2D eigenvalue weighted by Gasteiger charge is -2.24. The summed E-state index contributed by atoms with van der Waals surface area (Å²) >= 11 is 0. The number of carbonyl (C=O) groups is 3. The topological polar surface area (TPSA) is 105 Å². The largest absolute Gasteiger partial charge is 0.352 e. The molecule has 3 amide bonds. The Balaban J connectivity index is 1.82. The Bertz CT molecular complexity index is 448. The molecule has 0 aromatic carbocycles. The van der Waals surface area contributed by atoms with Crippen molar-refractivity contribution in [3.63, 3.8) is 0 Å². The zero-order valence-electron chi connectivity index (χ0n) is 13.3. The van der Waals surface area contributed by atoms with Crippen LogP contribution < -0.4 is 16.4 Å². The number of amides is 3. The minimum atomic E-state index is -0.625. The molecule has 0 spiro atoms. The summed E-state index contributed by atoms with van der Waals surface area (Å²) in [5.41, 5.74) is 5.74. The molecule has 1 unspecified atom stereocenters. The van der Waals surface area contributed by atoms with Crippen LogP contribution in [0.2, 0.25) is 0 Å². The van der Waals surface area contributed by atoms with Crippen molar-refractivity contribution in [2.24, 2.45) is 11.7 Å². The van der Waals surface area contributed by atoms with Crippen molar-refractivity contribution in [3.8, 4) is 0 Å². The fourth-order valence-electron chi connectivity index (χ4n) is 2.55. The molecule has 1 saturated carbocycles. The second kappa shape index (κ2) is 7.09. The molecule has 0 aromatic rings. The van der Waals surface area contributed by atoms with Crippen LogP contribution in [0.4, 0.5) is 0 Å². The van der Waals surface area contributed by atoms with Crippen molar-refractivity contribution in [2.45, 2.75) is 57.7 Å². The normalized spacial score (nSPS) is 22.5. The highest BCUT2D eigenvalue weighted by molar-refractivity contribution is 5.91. The van der Waals surface area contributed by atoms with E-state index in [2.05, 4.69) is 10.6 Å². The number of nitrogens with zero attached hydrogens (tertiary/aromatic N) is 1. The smallest absolute Gasteiger partial charge is 0.243 e. The van der Waals surface area contributed by atoms with Crippen LogP contribution in [-0.4, -0.2) is 53.8 Å². The van der Waals surface area contributed by atoms with Gasteiger partial charge in [-0.1, -0.05) is 13.8 Å². The fourth-order valence-corrected chi connectivity index (χ4v) is 2.55. The molecule has 2 aliphatic rings. The molecule has 2 fully saturated rings. The van der Waals surface area contributed by atoms with E-state index in [0.29, 0.717) is 13.0 Å². The summed E-state index contributed by atoms with van der Waals surface area (Å²) < 4.78 is 0. The van der Waals surface area contributed by atoms with E-state index >= 15 is 0 Å². The lowest BCUT2D eigenvalue weighted by atomic mass is 10.1. The van der Waals surface area contributed by atoms with Crippen molar-refractivity contribution in [1.29, 1.82) is 0 Å². The molecule has 1 saturated heterocycles. The van der Waals surface area contributed by atoms with Gasteiger partial charge in [0.05, 0.1) is 12.6 Å². The molecular formula is C15H26N4O3. The number of nitrogens with two attached hydrogens (primary N) is 1. The van der Waals surface area contributed by atoms with Gasteiger partial charge in [0.25, 0.3) is 0 Å². The molecule has 7 heteroatoms. The third-order valence-corrected chi connectivity index (χ3v) is 4.23. The van der Waals surface area contributed by atoms with Crippen molar-refractivity contribution >= 4 is 17.7 Å². The van der Waals surface area contributed by atoms with Gasteiger partial charge in [-0.25, -0.2) is 0 Å². The Hall–Kier alpha value is -1.63. The molecule has 1 aliphatic heterocycles. The molecule has 22 heavy (non-hydrogen) atoms. The molecule has 0 radical (unpaired) electrons. The van der Waals surface area contributed by atoms with Crippen LogP contribution >= 0.6 is 0 Å². The SMILES string of the molecule is CC(C)[C@H](N)C(=O)NCC(=O)N1CCCC1C(=O)NC1CC1. The van der Waals surface area contributed by atoms with E-state index in [-0.39, 0.29) is 36.2 Å². The van der Waals surface area contributed by atoms with E-state index in [1.165, 1.54) is 0 Å². The minimum Gasteiger partial charge on any atom is -0.352 e. The molecule has 1 aliphatic carbocycles. The Kier molecular flexibility index (Phi) is 5.39. The van der Waals surface area contributed by atoms with Crippen molar-refractivity contribution in [3.05, 3.63) is 0 Å². The molecule has 124 valence electrons. The standard InChI is InChI=1S/C15H26N4O3/c1-9(2)13(16)15(22)17-8-12(20)19-7-3-4-11(19)14(21)18-10-5-6-10/h9-11,13H,3-8,16H2,1-2H3,(H,17,22)(H,18,21)/t11?,13-/m0/s1. The van der Waals surface area contributed by atoms with Crippen molar-refractivity contribution in [1.82, 2.24) is 15.5 Å². The lowest BCUT2D eigenvalue weighted by molar-refractivity contribution is -0.138. The summed E-state index contributed by atoms with van der Waals surface area (Å²) in [5, 5.41) is 5.50. The molecule has 2 rings (SSSR count). The molecule has 2 atom stereocenters. The third-order valence-electron chi connectivity index (χ3n) is 4.23. The Morgan fingerprint density at radius 2 is 1.91 bits per heavy atom. The van der Waals surface area contributed by atoms with Gasteiger partial charge >= 0.3 is 0 Å². The van der Waals surface area contributed by atoms with E-state index in [9.17, 15) is 14.4 Å². The van der Waals surface area contributed by atoms with Crippen molar-refractivity contribution < 1.29 is 14.4 Å². The number of carbonyl (C=O) groups excluding carboxylic acids is 3. The van der Waals surface area contributed by atoms with E-state index in [1.54, 1.807) is 4.90 Å². The van der Waals surface area contributed by atoms with Gasteiger partial charge in [-0.3, -0.25) is 14.4 Å². The number of rotatable bonds is 6. The molecule has 0 bridgehead atoms. The predicted octanol–water partition coefficient (Wildman–Crippen LogP) is -0.644. The highest BCUT2D eigenvalue weighted by atomic mass is 16.2. The van der Waals surface area contributed by atoms with Crippen LogP contribution in [0.3, 0.4) is 0 Å². The first-order chi connectivity index (χ1) is 10.4. The maximum Gasteiger partial charge on any atom is 0.243 e. The van der Waals surface area contributed by atoms with Gasteiger partial charge in [0.1, 0.15) is 6.04 Å². The zero-order chi connectivity index (χ0) is 16.3. The summed E-state index contributed by atoms with van der Waals surface area (Å²) in [6, 6.07) is -0.738. The van der Waals surface area contributed by atoms with Gasteiger partial charge in [0, 0.05) is 12.6 Å². The van der Waals surface area contributed by atoms with Gasteiger partial charge in [-0.2, -0.15) is 0 Å². The van der Waals surface area contributed by atoms with E-state index in [4.69, 9.17) is 5.73 Å². The monoisotopic (exact) mass is 310 g/mol. The van der Waals surface area contributed by atoms with Crippen LogP contribution in [0.5, 0.6) is 0 Å². The lowest BCUT2D eigenvalue weighted by Crippen LogP contribution is -2.51. The van der Waals surface area contributed by atoms with E-state index < -0.39 is 12.1 Å². The van der Waals surface area contributed by atoms with Gasteiger partial charge in [0.2, 0.25) is 17.7 Å². The van der Waals surface area contributed by atoms with Gasteiger partial charge in [-0.15, -0.1) is 0 Å². The number of likely N-dealkylation sites (tertiary alicyclic amines) is 1. The summed E-state index contributed by atoms with van der Waals surface area (Å²) in [7, 11) is 0. The molecular weight excluding hydrogens is 284 g/mol. The molecule has 7 nitrogen and oxygen atoms in total. The third kappa shape index (κ3) is 4.19. The van der Waals surface area contributed by atoms with Crippen LogP contribution in [0.25, 0.3) is 0 Å². The first-order valence-corrected chi connectivity index (χ1v) is 8.03. The highest BCUT2D eigenvalue weighted by Crippen LogP contribution is 2.22. The van der Waals surface area contributed by atoms with Crippen LogP contribution in [0, 0.1) is 5.92 Å². The van der Waals surface area contributed by atoms with Gasteiger partial charge in [0.15, 0.2) is 0 Å². The molecule has 4 N–H and O–H groups in total. The first-order valence-electron chi connectivity index (χ1n) is 8.03. The van der Waals surface area contributed by atoms with Gasteiger partial charge < -0.3 is 21.3 Å². The van der Waals surface area contributed by atoms with E-state index in [0.717, 1.165) is 19.3 Å². The second-order valence-electron chi connectivity index (χ2n) is 6.52. The van der Waals surface area contributed by atoms with Crippen molar-refractivity contribution in [2.75, 3.05) is 13.1 Å². The van der Waals surface area contributed by atoms with Crippen LogP contribution in [0.1, 0.15) is 39.5 Å². The summed E-state index contributed by atoms with van der Waals surface area (Å²) in [4.78, 5) is 37.7. The Labute approximate surface area is 131 Å². The molecule has 0 aromatic heterocycles. The fraction of sp³-hybridized carbons (Fsp3) is 0.800. The maximum absolute atomic E-state index is 12.2.